The van der Waals surface area contributed by atoms with E-state index in [0.717, 1.165) is 19.3 Å². The van der Waals surface area contributed by atoms with Gasteiger partial charge in [-0.2, -0.15) is 0 Å². The van der Waals surface area contributed by atoms with Gasteiger partial charge in [0.05, 0.1) is 12.2 Å². The maximum atomic E-state index is 6.04. The van der Waals surface area contributed by atoms with Gasteiger partial charge in [0.15, 0.2) is 5.79 Å². The van der Waals surface area contributed by atoms with Crippen molar-refractivity contribution in [3.05, 3.63) is 0 Å². The Balaban J connectivity index is 2.49. The van der Waals surface area contributed by atoms with E-state index in [1.54, 1.807) is 0 Å². The van der Waals surface area contributed by atoms with Crippen LogP contribution in [0.3, 0.4) is 0 Å². The predicted molar refractivity (Wildman–Crippen MR) is 58.3 cm³/mol. The first kappa shape index (κ1) is 12.0. The molecular formula is C12H24O2. The molecule has 14 heavy (non-hydrogen) atoms. The van der Waals surface area contributed by atoms with E-state index in [-0.39, 0.29) is 11.9 Å². The summed E-state index contributed by atoms with van der Waals surface area (Å²) >= 11 is 0. The summed E-state index contributed by atoms with van der Waals surface area (Å²) in [6.07, 6.45) is 6.10. The lowest BCUT2D eigenvalue weighted by atomic mass is 10.1. The minimum atomic E-state index is -0.280. The number of hydrogen-bond donors (Lipinski definition) is 0. The lowest BCUT2D eigenvalue weighted by molar-refractivity contribution is -0.178. The van der Waals surface area contributed by atoms with Crippen LogP contribution in [-0.4, -0.2) is 18.0 Å². The molecule has 0 amide bonds. The molecule has 0 radical (unpaired) electrons. The zero-order valence-electron chi connectivity index (χ0n) is 10.0. The molecule has 1 saturated heterocycles. The van der Waals surface area contributed by atoms with Crippen molar-refractivity contribution in [1.29, 1.82) is 0 Å². The Morgan fingerprint density at radius 3 is 2.14 bits per heavy atom. The second kappa shape index (κ2) is 5.13. The highest BCUT2D eigenvalue weighted by atomic mass is 16.8. The fraction of sp³-hybridized carbons (Fsp3) is 1.00. The first-order chi connectivity index (χ1) is 6.67. The summed E-state index contributed by atoms with van der Waals surface area (Å²) in [5.41, 5.74) is 0. The van der Waals surface area contributed by atoms with E-state index in [1.165, 1.54) is 12.8 Å². The van der Waals surface area contributed by atoms with E-state index >= 15 is 0 Å². The van der Waals surface area contributed by atoms with E-state index in [1.807, 2.05) is 0 Å². The lowest BCUT2D eigenvalue weighted by Crippen LogP contribution is -2.29. The zero-order chi connectivity index (χ0) is 10.6. The first-order valence-electron chi connectivity index (χ1n) is 6.03. The second-order valence-electron chi connectivity index (χ2n) is 4.24. The van der Waals surface area contributed by atoms with Gasteiger partial charge in [0.25, 0.3) is 0 Å². The van der Waals surface area contributed by atoms with Crippen LogP contribution in [0.1, 0.15) is 59.8 Å². The van der Waals surface area contributed by atoms with Gasteiger partial charge >= 0.3 is 0 Å². The highest BCUT2D eigenvalue weighted by molar-refractivity contribution is 4.82. The molecule has 1 rings (SSSR count). The molecule has 0 aromatic heterocycles. The SMILES string of the molecule is CCCC[C@@H]1OC(CC)(CC)O[C@H]1C. The Labute approximate surface area is 88.0 Å². The molecule has 0 aliphatic carbocycles. The third kappa shape index (κ3) is 2.48. The van der Waals surface area contributed by atoms with E-state index < -0.39 is 0 Å². The monoisotopic (exact) mass is 200 g/mol. The van der Waals surface area contributed by atoms with Crippen molar-refractivity contribution in [2.24, 2.45) is 0 Å². The maximum absolute atomic E-state index is 6.04. The fourth-order valence-corrected chi connectivity index (χ4v) is 2.10. The molecule has 0 aromatic rings. The molecular weight excluding hydrogens is 176 g/mol. The Morgan fingerprint density at radius 2 is 1.71 bits per heavy atom. The number of rotatable bonds is 5. The van der Waals surface area contributed by atoms with Crippen molar-refractivity contribution in [1.82, 2.24) is 0 Å². The highest BCUT2D eigenvalue weighted by Crippen LogP contribution is 2.35. The van der Waals surface area contributed by atoms with Crippen molar-refractivity contribution in [3.8, 4) is 0 Å². The van der Waals surface area contributed by atoms with E-state index in [0.29, 0.717) is 6.10 Å². The number of hydrogen-bond acceptors (Lipinski definition) is 2. The predicted octanol–water partition coefficient (Wildman–Crippen LogP) is 3.50. The minimum absolute atomic E-state index is 0.265. The normalized spacial score (nSPS) is 30.9. The largest absolute Gasteiger partial charge is 0.344 e. The molecule has 0 N–H and O–H groups in total. The first-order valence-corrected chi connectivity index (χ1v) is 6.03. The van der Waals surface area contributed by atoms with E-state index in [2.05, 4.69) is 27.7 Å². The smallest absolute Gasteiger partial charge is 0.168 e. The Hall–Kier alpha value is -0.0800. The third-order valence-electron chi connectivity index (χ3n) is 3.21. The van der Waals surface area contributed by atoms with Gasteiger partial charge in [0.1, 0.15) is 0 Å². The van der Waals surface area contributed by atoms with Crippen molar-refractivity contribution < 1.29 is 9.47 Å². The summed E-state index contributed by atoms with van der Waals surface area (Å²) in [7, 11) is 0. The van der Waals surface area contributed by atoms with Gasteiger partial charge < -0.3 is 9.47 Å². The van der Waals surface area contributed by atoms with E-state index in [4.69, 9.17) is 9.47 Å². The Bertz CT molecular complexity index is 164. The molecule has 84 valence electrons. The molecule has 0 bridgehead atoms. The fourth-order valence-electron chi connectivity index (χ4n) is 2.10. The highest BCUT2D eigenvalue weighted by Gasteiger charge is 2.42. The topological polar surface area (TPSA) is 18.5 Å². The molecule has 1 fully saturated rings. The van der Waals surface area contributed by atoms with Crippen LogP contribution in [0.25, 0.3) is 0 Å². The van der Waals surface area contributed by atoms with Crippen LogP contribution in [0, 0.1) is 0 Å². The van der Waals surface area contributed by atoms with Crippen LogP contribution in [0.15, 0.2) is 0 Å². The van der Waals surface area contributed by atoms with Crippen molar-refractivity contribution >= 4 is 0 Å². The van der Waals surface area contributed by atoms with E-state index in [9.17, 15) is 0 Å². The van der Waals surface area contributed by atoms with Gasteiger partial charge in [-0.3, -0.25) is 0 Å². The molecule has 0 aromatic carbocycles. The van der Waals surface area contributed by atoms with Gasteiger partial charge in [0.2, 0.25) is 0 Å². The number of ether oxygens (including phenoxy) is 2. The lowest BCUT2D eigenvalue weighted by Gasteiger charge is -2.25. The molecule has 2 atom stereocenters. The average molecular weight is 200 g/mol. The van der Waals surface area contributed by atoms with Crippen molar-refractivity contribution in [2.45, 2.75) is 77.8 Å². The second-order valence-corrected chi connectivity index (χ2v) is 4.24. The molecule has 0 saturated carbocycles. The minimum Gasteiger partial charge on any atom is -0.344 e. The Kier molecular flexibility index (Phi) is 4.39. The standard InChI is InChI=1S/C12H24O2/c1-5-8-9-11-10(4)13-12(6-2,7-3)14-11/h10-11H,5-9H2,1-4H3/t10-,11-/m0/s1. The molecule has 0 unspecified atom stereocenters. The van der Waals surface area contributed by atoms with Crippen LogP contribution >= 0.6 is 0 Å². The van der Waals surface area contributed by atoms with Gasteiger partial charge in [-0.1, -0.05) is 33.6 Å². The van der Waals surface area contributed by atoms with Gasteiger partial charge in [-0.05, 0) is 26.2 Å². The summed E-state index contributed by atoms with van der Waals surface area (Å²) in [5.74, 6) is -0.280. The Morgan fingerprint density at radius 1 is 1.07 bits per heavy atom. The molecule has 1 heterocycles. The summed E-state index contributed by atoms with van der Waals surface area (Å²) in [6.45, 7) is 8.62. The number of unbranched alkanes of at least 4 members (excludes halogenated alkanes) is 1. The van der Waals surface area contributed by atoms with Crippen molar-refractivity contribution in [3.63, 3.8) is 0 Å². The molecule has 2 nitrogen and oxygen atoms in total. The van der Waals surface area contributed by atoms with Crippen LogP contribution < -0.4 is 0 Å². The van der Waals surface area contributed by atoms with Crippen LogP contribution in [0.5, 0.6) is 0 Å². The quantitative estimate of drug-likeness (QED) is 0.676. The molecule has 1 aliphatic rings. The van der Waals surface area contributed by atoms with Gasteiger partial charge in [-0.25, -0.2) is 0 Å². The average Bonchev–Trinajstić information content (AvgIpc) is 2.53. The summed E-state index contributed by atoms with van der Waals surface area (Å²) in [4.78, 5) is 0. The van der Waals surface area contributed by atoms with Crippen LogP contribution in [0.4, 0.5) is 0 Å². The third-order valence-corrected chi connectivity index (χ3v) is 3.21. The van der Waals surface area contributed by atoms with Crippen molar-refractivity contribution in [2.75, 3.05) is 0 Å². The summed E-state index contributed by atoms with van der Waals surface area (Å²) in [5, 5.41) is 0. The molecule has 0 spiro atoms. The van der Waals surface area contributed by atoms with Gasteiger partial charge in [-0.15, -0.1) is 0 Å². The summed E-state index contributed by atoms with van der Waals surface area (Å²) in [6, 6.07) is 0. The van der Waals surface area contributed by atoms with Crippen LogP contribution in [0.2, 0.25) is 0 Å². The van der Waals surface area contributed by atoms with Gasteiger partial charge in [0, 0.05) is 0 Å². The molecule has 1 aliphatic heterocycles. The molecule has 2 heteroatoms. The maximum Gasteiger partial charge on any atom is 0.168 e. The van der Waals surface area contributed by atoms with Crippen LogP contribution in [-0.2, 0) is 9.47 Å². The summed E-state index contributed by atoms with van der Waals surface area (Å²) < 4.78 is 12.0. The zero-order valence-corrected chi connectivity index (χ0v) is 10.0.